The SMILES string of the molecule is NCCCS(=O)(=O)c1ccc2c(c1)OCCO2. The molecule has 6 heteroatoms. The molecule has 1 heterocycles. The van der Waals surface area contributed by atoms with Gasteiger partial charge in [0.05, 0.1) is 10.6 Å². The molecule has 0 spiro atoms. The van der Waals surface area contributed by atoms with Crippen LogP contribution in [0.1, 0.15) is 6.42 Å². The second-order valence-corrected chi connectivity index (χ2v) is 5.88. The van der Waals surface area contributed by atoms with Crippen molar-refractivity contribution >= 4 is 9.84 Å². The molecule has 94 valence electrons. The van der Waals surface area contributed by atoms with Gasteiger partial charge in [0.2, 0.25) is 0 Å². The van der Waals surface area contributed by atoms with Crippen LogP contribution in [0.5, 0.6) is 11.5 Å². The van der Waals surface area contributed by atoms with Crippen molar-refractivity contribution in [3.63, 3.8) is 0 Å². The molecule has 1 aliphatic heterocycles. The Morgan fingerprint density at radius 2 is 1.88 bits per heavy atom. The van der Waals surface area contributed by atoms with E-state index in [4.69, 9.17) is 15.2 Å². The van der Waals surface area contributed by atoms with Gasteiger partial charge in [0, 0.05) is 6.07 Å². The summed E-state index contributed by atoms with van der Waals surface area (Å²) in [6, 6.07) is 4.68. The molecule has 17 heavy (non-hydrogen) atoms. The Morgan fingerprint density at radius 3 is 2.59 bits per heavy atom. The van der Waals surface area contributed by atoms with E-state index in [1.807, 2.05) is 0 Å². The van der Waals surface area contributed by atoms with E-state index in [0.29, 0.717) is 37.7 Å². The fourth-order valence-corrected chi connectivity index (χ4v) is 2.95. The Labute approximate surface area is 100 Å². The Balaban J connectivity index is 2.27. The topological polar surface area (TPSA) is 78.6 Å². The first-order valence-corrected chi connectivity index (χ1v) is 7.11. The fraction of sp³-hybridized carbons (Fsp3) is 0.455. The number of benzene rings is 1. The molecule has 1 aromatic carbocycles. The maximum Gasteiger partial charge on any atom is 0.178 e. The van der Waals surface area contributed by atoms with Gasteiger partial charge >= 0.3 is 0 Å². The van der Waals surface area contributed by atoms with Crippen LogP contribution in [0.25, 0.3) is 0 Å². The van der Waals surface area contributed by atoms with Crippen molar-refractivity contribution in [1.29, 1.82) is 0 Å². The van der Waals surface area contributed by atoms with Crippen LogP contribution < -0.4 is 15.2 Å². The predicted molar refractivity (Wildman–Crippen MR) is 63.2 cm³/mol. The summed E-state index contributed by atoms with van der Waals surface area (Å²) in [6.45, 7) is 1.30. The highest BCUT2D eigenvalue weighted by Gasteiger charge is 2.18. The standard InChI is InChI=1S/C11H15NO4S/c12-4-1-7-17(13,14)9-2-3-10-11(8-9)16-6-5-15-10/h2-3,8H,1,4-7,12H2. The van der Waals surface area contributed by atoms with Crippen molar-refractivity contribution in [2.24, 2.45) is 5.73 Å². The zero-order valence-corrected chi connectivity index (χ0v) is 10.2. The summed E-state index contributed by atoms with van der Waals surface area (Å²) in [7, 11) is -3.27. The van der Waals surface area contributed by atoms with E-state index < -0.39 is 9.84 Å². The molecular formula is C11H15NO4S. The van der Waals surface area contributed by atoms with Gasteiger partial charge < -0.3 is 15.2 Å². The first-order valence-electron chi connectivity index (χ1n) is 5.46. The smallest absolute Gasteiger partial charge is 0.178 e. The summed E-state index contributed by atoms with van der Waals surface area (Å²) >= 11 is 0. The molecule has 0 atom stereocenters. The summed E-state index contributed by atoms with van der Waals surface area (Å²) in [5, 5.41) is 0. The molecule has 0 saturated carbocycles. The van der Waals surface area contributed by atoms with Crippen molar-refractivity contribution in [2.75, 3.05) is 25.5 Å². The minimum Gasteiger partial charge on any atom is -0.486 e. The highest BCUT2D eigenvalue weighted by molar-refractivity contribution is 7.91. The zero-order valence-electron chi connectivity index (χ0n) is 9.39. The Bertz CT molecular complexity index is 498. The lowest BCUT2D eigenvalue weighted by molar-refractivity contribution is 0.171. The minimum absolute atomic E-state index is 0.0587. The molecule has 2 N–H and O–H groups in total. The number of ether oxygens (including phenoxy) is 2. The zero-order chi connectivity index (χ0) is 12.3. The van der Waals surface area contributed by atoms with Crippen LogP contribution >= 0.6 is 0 Å². The molecular weight excluding hydrogens is 242 g/mol. The summed E-state index contributed by atoms with van der Waals surface area (Å²) in [5.74, 6) is 1.14. The van der Waals surface area contributed by atoms with Gasteiger partial charge in [-0.1, -0.05) is 0 Å². The molecule has 0 unspecified atom stereocenters. The van der Waals surface area contributed by atoms with E-state index in [-0.39, 0.29) is 10.6 Å². The number of nitrogens with two attached hydrogens (primary N) is 1. The average molecular weight is 257 g/mol. The van der Waals surface area contributed by atoms with Crippen LogP contribution in [-0.4, -0.2) is 33.9 Å². The maximum absolute atomic E-state index is 11.9. The second kappa shape index (κ2) is 4.93. The van der Waals surface area contributed by atoms with Crippen molar-refractivity contribution in [3.05, 3.63) is 18.2 Å². The lowest BCUT2D eigenvalue weighted by Gasteiger charge is -2.18. The molecule has 0 aliphatic carbocycles. The fourth-order valence-electron chi connectivity index (χ4n) is 1.61. The molecule has 0 fully saturated rings. The molecule has 0 aromatic heterocycles. The number of fused-ring (bicyclic) bond motifs is 1. The molecule has 5 nitrogen and oxygen atoms in total. The van der Waals surface area contributed by atoms with E-state index in [9.17, 15) is 8.42 Å². The Morgan fingerprint density at radius 1 is 1.18 bits per heavy atom. The summed E-state index contributed by atoms with van der Waals surface area (Å²) < 4.78 is 34.5. The second-order valence-electron chi connectivity index (χ2n) is 3.77. The third-order valence-electron chi connectivity index (χ3n) is 2.49. The van der Waals surface area contributed by atoms with Gasteiger partial charge in [0.15, 0.2) is 21.3 Å². The van der Waals surface area contributed by atoms with Crippen LogP contribution in [0.2, 0.25) is 0 Å². The summed E-state index contributed by atoms with van der Waals surface area (Å²) in [4.78, 5) is 0.259. The van der Waals surface area contributed by atoms with Crippen molar-refractivity contribution in [2.45, 2.75) is 11.3 Å². The van der Waals surface area contributed by atoms with E-state index in [1.54, 1.807) is 12.1 Å². The van der Waals surface area contributed by atoms with Gasteiger partial charge in [0.25, 0.3) is 0 Å². The summed E-state index contributed by atoms with van der Waals surface area (Å²) in [5.41, 5.74) is 5.32. The molecule has 0 bridgehead atoms. The average Bonchev–Trinajstić information content (AvgIpc) is 2.36. The number of hydrogen-bond acceptors (Lipinski definition) is 5. The van der Waals surface area contributed by atoms with E-state index in [0.717, 1.165) is 0 Å². The lowest BCUT2D eigenvalue weighted by Crippen LogP contribution is -2.16. The largest absolute Gasteiger partial charge is 0.486 e. The van der Waals surface area contributed by atoms with Crippen LogP contribution in [0.4, 0.5) is 0 Å². The number of sulfone groups is 1. The number of hydrogen-bond donors (Lipinski definition) is 1. The Hall–Kier alpha value is -1.27. The highest BCUT2D eigenvalue weighted by atomic mass is 32.2. The first kappa shape index (κ1) is 12.2. The molecule has 0 amide bonds. The van der Waals surface area contributed by atoms with Crippen molar-refractivity contribution < 1.29 is 17.9 Å². The molecule has 1 aliphatic rings. The van der Waals surface area contributed by atoms with E-state index >= 15 is 0 Å². The number of rotatable bonds is 4. The quantitative estimate of drug-likeness (QED) is 0.853. The normalized spacial score (nSPS) is 14.6. The first-order chi connectivity index (χ1) is 8.13. The molecule has 0 saturated heterocycles. The molecule has 1 aromatic rings. The van der Waals surface area contributed by atoms with Gasteiger partial charge in [-0.2, -0.15) is 0 Å². The van der Waals surface area contributed by atoms with Crippen LogP contribution in [0.15, 0.2) is 23.1 Å². The molecule has 0 radical (unpaired) electrons. The van der Waals surface area contributed by atoms with Gasteiger partial charge in [-0.15, -0.1) is 0 Å². The molecule has 2 rings (SSSR count). The van der Waals surface area contributed by atoms with Crippen LogP contribution in [0.3, 0.4) is 0 Å². The minimum atomic E-state index is -3.27. The van der Waals surface area contributed by atoms with Gasteiger partial charge in [-0.25, -0.2) is 8.42 Å². The third-order valence-corrected chi connectivity index (χ3v) is 4.29. The van der Waals surface area contributed by atoms with E-state index in [2.05, 4.69) is 0 Å². The highest BCUT2D eigenvalue weighted by Crippen LogP contribution is 2.32. The monoisotopic (exact) mass is 257 g/mol. The summed E-state index contributed by atoms with van der Waals surface area (Å²) in [6.07, 6.45) is 0.455. The van der Waals surface area contributed by atoms with Crippen LogP contribution in [0, 0.1) is 0 Å². The predicted octanol–water partition coefficient (Wildman–Crippen LogP) is 0.580. The van der Waals surface area contributed by atoms with Crippen LogP contribution in [-0.2, 0) is 9.84 Å². The van der Waals surface area contributed by atoms with E-state index in [1.165, 1.54) is 6.07 Å². The van der Waals surface area contributed by atoms with Crippen molar-refractivity contribution in [3.8, 4) is 11.5 Å². The maximum atomic E-state index is 11.9. The lowest BCUT2D eigenvalue weighted by atomic mass is 10.3. The van der Waals surface area contributed by atoms with Gasteiger partial charge in [0.1, 0.15) is 13.2 Å². The van der Waals surface area contributed by atoms with Gasteiger partial charge in [-0.05, 0) is 25.1 Å². The van der Waals surface area contributed by atoms with Crippen molar-refractivity contribution in [1.82, 2.24) is 0 Å². The Kier molecular flexibility index (Phi) is 3.54. The van der Waals surface area contributed by atoms with Gasteiger partial charge in [-0.3, -0.25) is 0 Å². The third kappa shape index (κ3) is 2.70.